The molecule has 0 aromatic carbocycles. The molecule has 1 aromatic heterocycles. The fourth-order valence-corrected chi connectivity index (χ4v) is 1.44. The number of hydrogen-bond donors (Lipinski definition) is 1. The highest BCUT2D eigenvalue weighted by Crippen LogP contribution is 2.25. The number of nitrogens with zero attached hydrogens (tertiary/aromatic N) is 2. The van der Waals surface area contributed by atoms with Crippen LogP contribution in [0.4, 0.5) is 0 Å². The van der Waals surface area contributed by atoms with Crippen molar-refractivity contribution < 1.29 is 17.9 Å². The van der Waals surface area contributed by atoms with Crippen molar-refractivity contribution in [1.82, 2.24) is 15.2 Å². The van der Waals surface area contributed by atoms with E-state index in [0.29, 0.717) is 0 Å². The van der Waals surface area contributed by atoms with E-state index < -0.39 is 20.6 Å². The Labute approximate surface area is 99.5 Å². The summed E-state index contributed by atoms with van der Waals surface area (Å²) in [6, 6.07) is 0. The first kappa shape index (κ1) is 13.6. The van der Waals surface area contributed by atoms with E-state index in [2.05, 4.69) is 15.2 Å². The molecule has 0 amide bonds. The van der Waals surface area contributed by atoms with Gasteiger partial charge in [-0.3, -0.25) is 5.10 Å². The van der Waals surface area contributed by atoms with E-state index in [-0.39, 0.29) is 18.3 Å². The lowest BCUT2D eigenvalue weighted by Gasteiger charge is -2.18. The molecule has 0 atom stereocenters. The maximum atomic E-state index is 11.6. The number of aromatic nitrogens is 3. The summed E-state index contributed by atoms with van der Waals surface area (Å²) in [7, 11) is -3.37. The number of hydrogen-bond acceptors (Lipinski definition) is 6. The normalized spacial score (nSPS) is 12.5. The Morgan fingerprint density at radius 2 is 2.06 bits per heavy atom. The van der Waals surface area contributed by atoms with Crippen LogP contribution >= 0.6 is 0 Å². The standard InChI is InChI=1S/C9H15N3O4S/c1-5-16-7(13)6-10-8(12-11-6)9(2,3)17(4,14)15/h5H2,1-4H3,(H,10,11,12). The van der Waals surface area contributed by atoms with Gasteiger partial charge in [0, 0.05) is 6.26 Å². The lowest BCUT2D eigenvalue weighted by atomic mass is 10.2. The molecule has 0 aliphatic heterocycles. The third-order valence-electron chi connectivity index (χ3n) is 2.44. The zero-order valence-electron chi connectivity index (χ0n) is 10.1. The van der Waals surface area contributed by atoms with Crippen LogP contribution in [-0.2, 0) is 19.3 Å². The van der Waals surface area contributed by atoms with Crippen LogP contribution in [-0.4, -0.2) is 42.4 Å². The van der Waals surface area contributed by atoms with Crippen molar-refractivity contribution in [3.05, 3.63) is 11.6 Å². The topological polar surface area (TPSA) is 102 Å². The summed E-state index contributed by atoms with van der Waals surface area (Å²) in [6.07, 6.45) is 1.10. The molecule has 0 unspecified atom stereocenters. The summed E-state index contributed by atoms with van der Waals surface area (Å²) in [5.74, 6) is -0.735. The molecule has 0 aliphatic carbocycles. The lowest BCUT2D eigenvalue weighted by Crippen LogP contribution is -2.29. The number of sulfone groups is 1. The summed E-state index contributed by atoms with van der Waals surface area (Å²) >= 11 is 0. The third-order valence-corrected chi connectivity index (χ3v) is 4.49. The molecule has 1 heterocycles. The second kappa shape index (κ2) is 4.44. The van der Waals surface area contributed by atoms with E-state index in [9.17, 15) is 13.2 Å². The van der Waals surface area contributed by atoms with E-state index in [1.54, 1.807) is 6.92 Å². The van der Waals surface area contributed by atoms with E-state index in [4.69, 9.17) is 4.74 Å². The minimum atomic E-state index is -3.37. The van der Waals surface area contributed by atoms with Gasteiger partial charge in [0.05, 0.1) is 6.61 Å². The molecule has 0 bridgehead atoms. The monoisotopic (exact) mass is 261 g/mol. The first-order chi connectivity index (χ1) is 7.70. The SMILES string of the molecule is CCOC(=O)c1n[nH]c(C(C)(C)S(C)(=O)=O)n1. The average Bonchev–Trinajstić information content (AvgIpc) is 2.65. The molecule has 0 saturated carbocycles. The van der Waals surface area contributed by atoms with Gasteiger partial charge in [-0.05, 0) is 20.8 Å². The largest absolute Gasteiger partial charge is 0.460 e. The van der Waals surface area contributed by atoms with Crippen molar-refractivity contribution in [2.45, 2.75) is 25.5 Å². The Kier molecular flexibility index (Phi) is 3.56. The van der Waals surface area contributed by atoms with Gasteiger partial charge in [0.2, 0.25) is 0 Å². The number of esters is 1. The molecule has 1 rings (SSSR count). The molecule has 1 aromatic rings. The molecule has 1 N–H and O–H groups in total. The van der Waals surface area contributed by atoms with Crippen LogP contribution in [0.3, 0.4) is 0 Å². The highest BCUT2D eigenvalue weighted by atomic mass is 32.2. The minimum absolute atomic E-state index is 0.114. The average molecular weight is 261 g/mol. The summed E-state index contributed by atoms with van der Waals surface area (Å²) in [5.41, 5.74) is 0. The van der Waals surface area contributed by atoms with Crippen LogP contribution in [0, 0.1) is 0 Å². The van der Waals surface area contributed by atoms with Gasteiger partial charge in [0.25, 0.3) is 5.82 Å². The van der Waals surface area contributed by atoms with Crippen LogP contribution in [0.5, 0.6) is 0 Å². The van der Waals surface area contributed by atoms with Crippen molar-refractivity contribution in [3.63, 3.8) is 0 Å². The molecule has 0 radical (unpaired) electrons. The highest BCUT2D eigenvalue weighted by Gasteiger charge is 2.36. The van der Waals surface area contributed by atoms with Crippen molar-refractivity contribution in [3.8, 4) is 0 Å². The van der Waals surface area contributed by atoms with Crippen molar-refractivity contribution in [2.75, 3.05) is 12.9 Å². The minimum Gasteiger partial charge on any atom is -0.460 e. The molecule has 17 heavy (non-hydrogen) atoms. The number of ether oxygens (including phenoxy) is 1. The zero-order chi connectivity index (χ0) is 13.3. The Morgan fingerprint density at radius 3 is 2.53 bits per heavy atom. The van der Waals surface area contributed by atoms with Crippen molar-refractivity contribution in [2.24, 2.45) is 0 Å². The van der Waals surface area contributed by atoms with Crippen molar-refractivity contribution in [1.29, 1.82) is 0 Å². The maximum Gasteiger partial charge on any atom is 0.378 e. The van der Waals surface area contributed by atoms with Gasteiger partial charge < -0.3 is 4.74 Å². The quantitative estimate of drug-likeness (QED) is 0.780. The Morgan fingerprint density at radius 1 is 1.47 bits per heavy atom. The predicted molar refractivity (Wildman–Crippen MR) is 60.2 cm³/mol. The molecule has 0 spiro atoms. The highest BCUT2D eigenvalue weighted by molar-refractivity contribution is 7.91. The maximum absolute atomic E-state index is 11.6. The summed E-state index contributed by atoms with van der Waals surface area (Å²) in [5, 5.41) is 6.09. The van der Waals surface area contributed by atoms with Crippen LogP contribution in [0.25, 0.3) is 0 Å². The van der Waals surface area contributed by atoms with Gasteiger partial charge in [-0.15, -0.1) is 5.10 Å². The van der Waals surface area contributed by atoms with Gasteiger partial charge in [-0.2, -0.15) is 0 Å². The molecule has 0 saturated heterocycles. The smallest absolute Gasteiger partial charge is 0.378 e. The second-order valence-electron chi connectivity index (χ2n) is 4.01. The number of aromatic amines is 1. The van der Waals surface area contributed by atoms with E-state index in [0.717, 1.165) is 6.26 Å². The second-order valence-corrected chi connectivity index (χ2v) is 6.58. The molecular weight excluding hydrogens is 246 g/mol. The van der Waals surface area contributed by atoms with Crippen LogP contribution in [0.2, 0.25) is 0 Å². The third kappa shape index (κ3) is 2.63. The zero-order valence-corrected chi connectivity index (χ0v) is 11.0. The Hall–Kier alpha value is -1.44. The van der Waals surface area contributed by atoms with Crippen molar-refractivity contribution >= 4 is 15.8 Å². The molecule has 0 fully saturated rings. The predicted octanol–water partition coefficient (Wildman–Crippen LogP) is 0.261. The van der Waals surface area contributed by atoms with Gasteiger partial charge in [-0.25, -0.2) is 18.2 Å². The van der Waals surface area contributed by atoms with Crippen LogP contribution in [0.1, 0.15) is 37.2 Å². The number of nitrogens with one attached hydrogen (secondary N) is 1. The number of H-pyrrole nitrogens is 1. The van der Waals surface area contributed by atoms with Crippen LogP contribution < -0.4 is 0 Å². The molecule has 8 heteroatoms. The van der Waals surface area contributed by atoms with E-state index in [1.807, 2.05) is 0 Å². The summed E-state index contributed by atoms with van der Waals surface area (Å²) in [4.78, 5) is 15.2. The molecule has 0 aliphatic rings. The van der Waals surface area contributed by atoms with Gasteiger partial charge in [0.15, 0.2) is 9.84 Å². The fraction of sp³-hybridized carbons (Fsp3) is 0.667. The summed E-state index contributed by atoms with van der Waals surface area (Å²) in [6.45, 7) is 4.83. The lowest BCUT2D eigenvalue weighted by molar-refractivity contribution is 0.0512. The Bertz CT molecular complexity index is 518. The number of carbonyl (C=O) groups excluding carboxylic acids is 1. The fourth-order valence-electron chi connectivity index (χ4n) is 0.994. The first-order valence-electron chi connectivity index (χ1n) is 4.99. The van der Waals surface area contributed by atoms with E-state index in [1.165, 1.54) is 13.8 Å². The molecule has 7 nitrogen and oxygen atoms in total. The van der Waals surface area contributed by atoms with Gasteiger partial charge >= 0.3 is 5.97 Å². The molecule has 96 valence electrons. The van der Waals surface area contributed by atoms with Gasteiger partial charge in [-0.1, -0.05) is 0 Å². The van der Waals surface area contributed by atoms with Crippen LogP contribution in [0.15, 0.2) is 0 Å². The van der Waals surface area contributed by atoms with Gasteiger partial charge in [0.1, 0.15) is 10.6 Å². The first-order valence-corrected chi connectivity index (χ1v) is 6.89. The summed E-state index contributed by atoms with van der Waals surface area (Å²) < 4.78 is 26.6. The van der Waals surface area contributed by atoms with E-state index >= 15 is 0 Å². The number of carbonyl (C=O) groups is 1. The molecular formula is C9H15N3O4S. The number of rotatable bonds is 4. The Balaban J connectivity index is 3.08.